The van der Waals surface area contributed by atoms with E-state index < -0.39 is 16.8 Å². The van der Waals surface area contributed by atoms with Gasteiger partial charge in [0.2, 0.25) is 5.95 Å². The monoisotopic (exact) mass is 438 g/mol. The third kappa shape index (κ3) is 4.57. The Kier molecular flexibility index (Phi) is 6.23. The van der Waals surface area contributed by atoms with Crippen LogP contribution in [0.4, 0.5) is 5.95 Å². The first-order chi connectivity index (χ1) is 14.9. The van der Waals surface area contributed by atoms with Gasteiger partial charge in [-0.1, -0.05) is 5.92 Å². The van der Waals surface area contributed by atoms with Gasteiger partial charge in [0, 0.05) is 37.6 Å². The molecule has 2 N–H and O–H groups in total. The Morgan fingerprint density at radius 3 is 2.31 bits per heavy atom. The fourth-order valence-electron chi connectivity index (χ4n) is 3.79. The molecule has 0 aromatic carbocycles. The Bertz CT molecular complexity index is 1320. The van der Waals surface area contributed by atoms with Crippen LogP contribution in [0.3, 0.4) is 0 Å². The highest BCUT2D eigenvalue weighted by atomic mass is 16.2. The Morgan fingerprint density at radius 1 is 1.12 bits per heavy atom. The first kappa shape index (κ1) is 23.2. The summed E-state index contributed by atoms with van der Waals surface area (Å²) in [7, 11) is 3.45. The third-order valence-corrected chi connectivity index (χ3v) is 4.94. The van der Waals surface area contributed by atoms with Gasteiger partial charge in [-0.3, -0.25) is 18.5 Å². The summed E-state index contributed by atoms with van der Waals surface area (Å²) in [5, 5.41) is 0. The molecule has 3 aromatic heterocycles. The summed E-state index contributed by atoms with van der Waals surface area (Å²) >= 11 is 0. The molecule has 0 unspecified atom stereocenters. The van der Waals surface area contributed by atoms with Crippen molar-refractivity contribution in [1.82, 2.24) is 28.7 Å². The maximum absolute atomic E-state index is 13.5. The maximum Gasteiger partial charge on any atom is 0.332 e. The van der Waals surface area contributed by atoms with Crippen LogP contribution in [0.2, 0.25) is 0 Å². The fraction of sp³-hybridized carbons (Fsp3) is 0.500. The number of aryl methyl sites for hydroxylation is 3. The van der Waals surface area contributed by atoms with Gasteiger partial charge < -0.3 is 10.6 Å². The molecule has 0 aliphatic carbocycles. The van der Waals surface area contributed by atoms with Gasteiger partial charge >= 0.3 is 5.69 Å². The van der Waals surface area contributed by atoms with Crippen LogP contribution in [0.1, 0.15) is 38.0 Å². The van der Waals surface area contributed by atoms with E-state index in [2.05, 4.69) is 26.8 Å². The van der Waals surface area contributed by atoms with Crippen molar-refractivity contribution in [2.45, 2.75) is 53.2 Å². The van der Waals surface area contributed by atoms with E-state index in [-0.39, 0.29) is 13.1 Å². The van der Waals surface area contributed by atoms with Gasteiger partial charge in [0.05, 0.1) is 13.1 Å². The lowest BCUT2D eigenvalue weighted by Crippen LogP contribution is -2.44. The molecule has 3 rings (SSSR count). The van der Waals surface area contributed by atoms with Crippen LogP contribution < -0.4 is 21.9 Å². The van der Waals surface area contributed by atoms with Crippen molar-refractivity contribution in [3.8, 4) is 11.8 Å². The summed E-state index contributed by atoms with van der Waals surface area (Å²) in [5.41, 5.74) is 6.92. The van der Waals surface area contributed by atoms with Gasteiger partial charge in [0.1, 0.15) is 5.82 Å². The molecule has 0 radical (unpaired) electrons. The van der Waals surface area contributed by atoms with Crippen LogP contribution in [0.5, 0.6) is 0 Å². The zero-order valence-corrected chi connectivity index (χ0v) is 19.7. The van der Waals surface area contributed by atoms with Crippen molar-refractivity contribution < 1.29 is 0 Å². The van der Waals surface area contributed by atoms with Crippen molar-refractivity contribution in [3.63, 3.8) is 0 Å². The fourth-order valence-corrected chi connectivity index (χ4v) is 3.79. The van der Waals surface area contributed by atoms with E-state index in [4.69, 9.17) is 5.73 Å². The normalized spacial score (nSPS) is 11.5. The Labute approximate surface area is 186 Å². The second-order valence-electron chi connectivity index (χ2n) is 8.74. The quantitative estimate of drug-likeness (QED) is 0.559. The third-order valence-electron chi connectivity index (χ3n) is 4.94. The molecule has 0 fully saturated rings. The van der Waals surface area contributed by atoms with Gasteiger partial charge in [-0.2, -0.15) is 4.98 Å². The number of rotatable bonds is 6. The number of nitrogens with two attached hydrogens (primary N) is 1. The number of likely N-dealkylation sites (N-methyl/N-ethyl adjacent to an activating group) is 1. The minimum Gasteiger partial charge on any atom is -0.343 e. The summed E-state index contributed by atoms with van der Waals surface area (Å²) in [4.78, 5) is 41.9. The van der Waals surface area contributed by atoms with E-state index in [9.17, 15) is 9.59 Å². The number of hydrogen-bond donors (Lipinski definition) is 1. The summed E-state index contributed by atoms with van der Waals surface area (Å²) in [6, 6.07) is 1.84. The van der Waals surface area contributed by atoms with Gasteiger partial charge in [-0.25, -0.2) is 14.8 Å². The van der Waals surface area contributed by atoms with Gasteiger partial charge in [0.15, 0.2) is 11.2 Å². The average molecular weight is 439 g/mol. The van der Waals surface area contributed by atoms with Crippen LogP contribution in [-0.2, 0) is 20.1 Å². The number of hydrogen-bond acceptors (Lipinski definition) is 7. The molecule has 170 valence electrons. The molecule has 0 spiro atoms. The van der Waals surface area contributed by atoms with Crippen molar-refractivity contribution in [2.24, 2.45) is 12.8 Å². The standard InChI is InChI=1S/C22H30N8O2/c1-8-9-10-29-17-18(26-20(29)27(6)13-22(4,5)23)28(7)21(32)30(19(17)31)12-16-24-14(2)11-15(3)25-16/h11H,10,12-13,23H2,1-7H3. The zero-order chi connectivity index (χ0) is 23.8. The summed E-state index contributed by atoms with van der Waals surface area (Å²) in [6.07, 6.45) is 0. The van der Waals surface area contributed by atoms with Gasteiger partial charge in [0.25, 0.3) is 5.56 Å². The lowest BCUT2D eigenvalue weighted by molar-refractivity contribution is 0.512. The number of anilines is 1. The Morgan fingerprint density at radius 2 is 1.75 bits per heavy atom. The minimum absolute atomic E-state index is 0.0321. The van der Waals surface area contributed by atoms with Crippen molar-refractivity contribution in [3.05, 3.63) is 44.1 Å². The van der Waals surface area contributed by atoms with Crippen LogP contribution in [-0.4, -0.2) is 47.8 Å². The van der Waals surface area contributed by atoms with E-state index in [1.54, 1.807) is 18.5 Å². The molecule has 0 atom stereocenters. The van der Waals surface area contributed by atoms with Crippen molar-refractivity contribution in [2.75, 3.05) is 18.5 Å². The highest BCUT2D eigenvalue weighted by Gasteiger charge is 2.24. The maximum atomic E-state index is 13.5. The average Bonchev–Trinajstić information content (AvgIpc) is 3.06. The SMILES string of the molecule is CC#CCn1c(N(C)CC(C)(C)N)nc2c1c(=O)n(Cc1nc(C)cc(C)n1)c(=O)n2C. The van der Waals surface area contributed by atoms with Crippen LogP contribution in [0.15, 0.2) is 15.7 Å². The smallest absolute Gasteiger partial charge is 0.332 e. The van der Waals surface area contributed by atoms with Crippen LogP contribution in [0.25, 0.3) is 11.2 Å². The van der Waals surface area contributed by atoms with Crippen molar-refractivity contribution in [1.29, 1.82) is 0 Å². The van der Waals surface area contributed by atoms with E-state index in [0.29, 0.717) is 29.5 Å². The summed E-state index contributed by atoms with van der Waals surface area (Å²) < 4.78 is 4.25. The predicted octanol–water partition coefficient (Wildman–Crippen LogP) is 0.549. The van der Waals surface area contributed by atoms with Crippen LogP contribution >= 0.6 is 0 Å². The number of aromatic nitrogens is 6. The first-order valence-corrected chi connectivity index (χ1v) is 10.3. The molecule has 0 bridgehead atoms. The highest BCUT2D eigenvalue weighted by molar-refractivity contribution is 5.74. The molecule has 0 saturated heterocycles. The molecule has 0 saturated carbocycles. The molecule has 0 amide bonds. The lowest BCUT2D eigenvalue weighted by Gasteiger charge is -2.27. The van der Waals surface area contributed by atoms with Crippen LogP contribution in [0, 0.1) is 25.7 Å². The van der Waals surface area contributed by atoms with E-state index >= 15 is 0 Å². The van der Waals surface area contributed by atoms with E-state index in [0.717, 1.165) is 16.0 Å². The number of nitrogens with zero attached hydrogens (tertiary/aromatic N) is 7. The van der Waals surface area contributed by atoms with Crippen molar-refractivity contribution >= 4 is 17.1 Å². The largest absolute Gasteiger partial charge is 0.343 e. The molecule has 3 aromatic rings. The predicted molar refractivity (Wildman–Crippen MR) is 125 cm³/mol. The highest BCUT2D eigenvalue weighted by Crippen LogP contribution is 2.20. The topological polar surface area (TPSA) is 117 Å². The van der Waals surface area contributed by atoms with E-state index in [1.807, 2.05) is 45.7 Å². The summed E-state index contributed by atoms with van der Waals surface area (Å²) in [5.74, 6) is 6.79. The summed E-state index contributed by atoms with van der Waals surface area (Å²) in [6.45, 7) is 9.97. The molecular formula is C22H30N8O2. The second kappa shape index (κ2) is 8.59. The first-order valence-electron chi connectivity index (χ1n) is 10.3. The molecule has 0 aliphatic heterocycles. The molecule has 32 heavy (non-hydrogen) atoms. The van der Waals surface area contributed by atoms with E-state index in [1.165, 1.54) is 4.57 Å². The second-order valence-corrected chi connectivity index (χ2v) is 8.74. The number of fused-ring (bicyclic) bond motifs is 1. The van der Waals surface area contributed by atoms with Gasteiger partial charge in [-0.15, -0.1) is 5.92 Å². The Balaban J connectivity index is 2.27. The zero-order valence-electron chi connectivity index (χ0n) is 19.7. The molecular weight excluding hydrogens is 408 g/mol. The minimum atomic E-state index is -0.486. The Hall–Kier alpha value is -3.45. The number of imidazole rings is 1. The lowest BCUT2D eigenvalue weighted by atomic mass is 10.1. The molecule has 10 nitrogen and oxygen atoms in total. The molecule has 10 heteroatoms. The molecule has 0 aliphatic rings. The van der Waals surface area contributed by atoms with Gasteiger partial charge in [-0.05, 0) is 40.7 Å². The molecule has 3 heterocycles.